The summed E-state index contributed by atoms with van der Waals surface area (Å²) in [6.45, 7) is 4.33. The van der Waals surface area contributed by atoms with Crippen LogP contribution in [0.25, 0.3) is 0 Å². The highest BCUT2D eigenvalue weighted by Crippen LogP contribution is 2.44. The molecule has 0 bridgehead atoms. The van der Waals surface area contributed by atoms with E-state index in [0.717, 1.165) is 29.1 Å². The van der Waals surface area contributed by atoms with Crippen LogP contribution in [0.2, 0.25) is 5.15 Å². The molecule has 0 N–H and O–H groups in total. The maximum atomic E-state index is 6.41. The highest BCUT2D eigenvalue weighted by molar-refractivity contribution is 6.30. The summed E-state index contributed by atoms with van der Waals surface area (Å²) in [7, 11) is 1.91. The molecule has 2 rings (SSSR count). The monoisotopic (exact) mass is 330 g/mol. The van der Waals surface area contributed by atoms with E-state index in [1.54, 1.807) is 4.68 Å². The number of aryl methyl sites for hydroxylation is 2. The van der Waals surface area contributed by atoms with Gasteiger partial charge in [0.1, 0.15) is 5.15 Å². The summed E-state index contributed by atoms with van der Waals surface area (Å²) in [6.07, 6.45) is 10.2. The smallest absolute Gasteiger partial charge is 0.130 e. The summed E-state index contributed by atoms with van der Waals surface area (Å²) in [4.78, 5) is 0. The lowest BCUT2D eigenvalue weighted by Crippen LogP contribution is -2.31. The van der Waals surface area contributed by atoms with E-state index >= 15 is 0 Å². The molecule has 1 aromatic heterocycles. The number of alkyl halides is 1. The van der Waals surface area contributed by atoms with Gasteiger partial charge in [0.05, 0.1) is 5.69 Å². The molecule has 1 fully saturated rings. The van der Waals surface area contributed by atoms with Crippen LogP contribution in [0, 0.1) is 18.3 Å². The average molecular weight is 331 g/mol. The quantitative estimate of drug-likeness (QED) is 0.627. The van der Waals surface area contributed by atoms with Gasteiger partial charge in [-0.3, -0.25) is 4.68 Å². The molecule has 21 heavy (non-hydrogen) atoms. The molecular weight excluding hydrogens is 303 g/mol. The van der Waals surface area contributed by atoms with Gasteiger partial charge in [-0.25, -0.2) is 0 Å². The largest absolute Gasteiger partial charge is 0.257 e. The van der Waals surface area contributed by atoms with Crippen molar-refractivity contribution in [2.75, 3.05) is 5.88 Å². The Hall–Kier alpha value is -0.210. The van der Waals surface area contributed by atoms with Gasteiger partial charge in [0.25, 0.3) is 0 Å². The lowest BCUT2D eigenvalue weighted by Gasteiger charge is -2.39. The Labute approximate surface area is 139 Å². The van der Waals surface area contributed by atoms with Gasteiger partial charge in [-0.1, -0.05) is 37.8 Å². The number of nitrogens with zero attached hydrogens (tertiary/aromatic N) is 2. The van der Waals surface area contributed by atoms with Gasteiger partial charge >= 0.3 is 0 Å². The van der Waals surface area contributed by atoms with Crippen molar-refractivity contribution in [3.05, 3.63) is 16.4 Å². The normalized spacial score (nSPS) is 26.2. The molecular formula is C17H28Cl2N2. The zero-order chi connectivity index (χ0) is 15.5. The molecule has 120 valence electrons. The fourth-order valence-electron chi connectivity index (χ4n) is 3.68. The third kappa shape index (κ3) is 3.96. The van der Waals surface area contributed by atoms with E-state index in [1.165, 1.54) is 50.5 Å². The second-order valence-electron chi connectivity index (χ2n) is 6.87. The van der Waals surface area contributed by atoms with Gasteiger partial charge in [-0.15, -0.1) is 11.6 Å². The van der Waals surface area contributed by atoms with E-state index in [9.17, 15) is 0 Å². The fourth-order valence-corrected chi connectivity index (χ4v) is 4.28. The first-order valence-electron chi connectivity index (χ1n) is 8.25. The standard InChI is InChI=1S/C17H28Cl2N2/c1-4-5-6-14-7-9-17(12-18,10-8-14)11-15-13(2)20-21(3)16(15)19/h14H,4-12H2,1-3H3. The summed E-state index contributed by atoms with van der Waals surface area (Å²) >= 11 is 12.8. The third-order valence-electron chi connectivity index (χ3n) is 5.24. The number of hydrogen-bond acceptors (Lipinski definition) is 1. The molecule has 0 atom stereocenters. The van der Waals surface area contributed by atoms with Gasteiger partial charge in [-0.2, -0.15) is 5.10 Å². The van der Waals surface area contributed by atoms with Gasteiger partial charge in [0.15, 0.2) is 0 Å². The summed E-state index contributed by atoms with van der Waals surface area (Å²) in [5, 5.41) is 5.22. The van der Waals surface area contributed by atoms with E-state index in [4.69, 9.17) is 23.2 Å². The zero-order valence-corrected chi connectivity index (χ0v) is 15.1. The Bertz CT molecular complexity index is 460. The Balaban J connectivity index is 2.03. The highest BCUT2D eigenvalue weighted by Gasteiger charge is 2.36. The Morgan fingerprint density at radius 1 is 1.33 bits per heavy atom. The van der Waals surface area contributed by atoms with Crippen molar-refractivity contribution in [2.24, 2.45) is 18.4 Å². The second kappa shape index (κ2) is 7.37. The van der Waals surface area contributed by atoms with E-state index in [1.807, 2.05) is 7.05 Å². The third-order valence-corrected chi connectivity index (χ3v) is 6.28. The van der Waals surface area contributed by atoms with Crippen LogP contribution < -0.4 is 0 Å². The first-order valence-corrected chi connectivity index (χ1v) is 9.16. The molecule has 1 saturated carbocycles. The van der Waals surface area contributed by atoms with Crippen molar-refractivity contribution < 1.29 is 0 Å². The molecule has 0 aliphatic heterocycles. The summed E-state index contributed by atoms with van der Waals surface area (Å²) in [5.41, 5.74) is 2.48. The van der Waals surface area contributed by atoms with Crippen molar-refractivity contribution >= 4 is 23.2 Å². The first-order chi connectivity index (χ1) is 10.0. The lowest BCUT2D eigenvalue weighted by atomic mass is 9.68. The lowest BCUT2D eigenvalue weighted by molar-refractivity contribution is 0.166. The molecule has 1 aliphatic carbocycles. The van der Waals surface area contributed by atoms with Crippen molar-refractivity contribution in [3.8, 4) is 0 Å². The molecule has 0 saturated heterocycles. The van der Waals surface area contributed by atoms with Gasteiger partial charge in [0.2, 0.25) is 0 Å². The highest BCUT2D eigenvalue weighted by atomic mass is 35.5. The van der Waals surface area contributed by atoms with E-state index in [2.05, 4.69) is 18.9 Å². The zero-order valence-electron chi connectivity index (χ0n) is 13.6. The van der Waals surface area contributed by atoms with E-state index in [0.29, 0.717) is 0 Å². The van der Waals surface area contributed by atoms with E-state index in [-0.39, 0.29) is 5.41 Å². The molecule has 2 nitrogen and oxygen atoms in total. The fraction of sp³-hybridized carbons (Fsp3) is 0.824. The number of rotatable bonds is 6. The molecule has 1 aliphatic rings. The molecule has 0 amide bonds. The minimum absolute atomic E-state index is 0.224. The Morgan fingerprint density at radius 2 is 2.00 bits per heavy atom. The van der Waals surface area contributed by atoms with Gasteiger partial charge in [-0.05, 0) is 50.4 Å². The van der Waals surface area contributed by atoms with Crippen LogP contribution in [-0.2, 0) is 13.5 Å². The van der Waals surface area contributed by atoms with Crippen molar-refractivity contribution in [1.29, 1.82) is 0 Å². The molecule has 4 heteroatoms. The van der Waals surface area contributed by atoms with Gasteiger partial charge < -0.3 is 0 Å². The van der Waals surface area contributed by atoms with Crippen LogP contribution in [0.1, 0.15) is 63.1 Å². The van der Waals surface area contributed by atoms with Crippen LogP contribution in [0.15, 0.2) is 0 Å². The minimum Gasteiger partial charge on any atom is -0.257 e. The van der Waals surface area contributed by atoms with E-state index < -0.39 is 0 Å². The van der Waals surface area contributed by atoms with Crippen molar-refractivity contribution in [3.63, 3.8) is 0 Å². The van der Waals surface area contributed by atoms with Crippen LogP contribution >= 0.6 is 23.2 Å². The maximum absolute atomic E-state index is 6.41. The number of hydrogen-bond donors (Lipinski definition) is 0. The summed E-state index contributed by atoms with van der Waals surface area (Å²) in [5.74, 6) is 1.64. The number of aromatic nitrogens is 2. The topological polar surface area (TPSA) is 17.8 Å². The van der Waals surface area contributed by atoms with Crippen LogP contribution in [-0.4, -0.2) is 15.7 Å². The summed E-state index contributed by atoms with van der Waals surface area (Å²) in [6, 6.07) is 0. The predicted molar refractivity (Wildman–Crippen MR) is 91.3 cm³/mol. The molecule has 0 aromatic carbocycles. The second-order valence-corrected chi connectivity index (χ2v) is 7.50. The van der Waals surface area contributed by atoms with Crippen molar-refractivity contribution in [2.45, 2.75) is 65.2 Å². The SMILES string of the molecule is CCCCC1CCC(CCl)(Cc2c(C)nn(C)c2Cl)CC1. The molecule has 0 spiro atoms. The average Bonchev–Trinajstić information content (AvgIpc) is 2.73. The summed E-state index contributed by atoms with van der Waals surface area (Å²) < 4.78 is 1.78. The predicted octanol–water partition coefficient (Wildman–Crippen LogP) is 5.53. The molecule has 1 aromatic rings. The minimum atomic E-state index is 0.224. The Kier molecular flexibility index (Phi) is 6.02. The van der Waals surface area contributed by atoms with Crippen LogP contribution in [0.3, 0.4) is 0 Å². The molecule has 0 unspecified atom stereocenters. The van der Waals surface area contributed by atoms with Crippen LogP contribution in [0.4, 0.5) is 0 Å². The van der Waals surface area contributed by atoms with Crippen LogP contribution in [0.5, 0.6) is 0 Å². The Morgan fingerprint density at radius 3 is 2.48 bits per heavy atom. The molecule has 0 radical (unpaired) electrons. The van der Waals surface area contributed by atoms with Crippen molar-refractivity contribution in [1.82, 2.24) is 9.78 Å². The first kappa shape index (κ1) is 17.1. The number of halogens is 2. The number of unbranched alkanes of at least 4 members (excludes halogenated alkanes) is 1. The van der Waals surface area contributed by atoms with Gasteiger partial charge in [0, 0.05) is 18.5 Å². The maximum Gasteiger partial charge on any atom is 0.130 e. The molecule has 1 heterocycles.